The highest BCUT2D eigenvalue weighted by Gasteiger charge is 2.15. The second kappa shape index (κ2) is 6.56. The molecule has 8 heteroatoms. The summed E-state index contributed by atoms with van der Waals surface area (Å²) in [5.41, 5.74) is 6.84. The van der Waals surface area contributed by atoms with Crippen molar-refractivity contribution in [3.05, 3.63) is 73.7 Å². The van der Waals surface area contributed by atoms with Gasteiger partial charge in [0.2, 0.25) is 0 Å². The van der Waals surface area contributed by atoms with E-state index in [1.54, 1.807) is 31.0 Å². The van der Waals surface area contributed by atoms with E-state index < -0.39 is 0 Å². The lowest BCUT2D eigenvalue weighted by atomic mass is 10.1. The minimum atomic E-state index is 0.790. The maximum atomic E-state index is 4.55. The number of fused-ring (bicyclic) bond motifs is 2. The standard InChI is InChI=1S/C22H14N8/c1-2-5-25-17(3-1)21-14-8-19(28-16(14)4-6-26-21)22-15-7-18(13-9-23-12-24-10-13)27-11-20(15)29-30-22/h1-12,28H,(H,29,30). The van der Waals surface area contributed by atoms with Gasteiger partial charge in [0, 0.05) is 46.6 Å². The molecule has 30 heavy (non-hydrogen) atoms. The van der Waals surface area contributed by atoms with Crippen LogP contribution in [0, 0.1) is 0 Å². The van der Waals surface area contributed by atoms with Crippen molar-refractivity contribution >= 4 is 21.8 Å². The molecule has 0 aliphatic rings. The lowest BCUT2D eigenvalue weighted by Gasteiger charge is -2.00. The minimum absolute atomic E-state index is 0.790. The van der Waals surface area contributed by atoms with Crippen molar-refractivity contribution in [2.45, 2.75) is 0 Å². The summed E-state index contributed by atoms with van der Waals surface area (Å²) in [6, 6.07) is 11.8. The predicted octanol–water partition coefficient (Wildman–Crippen LogP) is 4.02. The number of nitrogens with one attached hydrogen (secondary N) is 2. The highest BCUT2D eigenvalue weighted by atomic mass is 15.1. The molecule has 0 spiro atoms. The number of rotatable bonds is 3. The zero-order chi connectivity index (χ0) is 19.9. The summed E-state index contributed by atoms with van der Waals surface area (Å²) in [5.74, 6) is 0. The van der Waals surface area contributed by atoms with E-state index in [0.29, 0.717) is 0 Å². The monoisotopic (exact) mass is 390 g/mol. The molecular formula is C22H14N8. The normalized spacial score (nSPS) is 11.3. The number of aromatic nitrogens is 8. The molecule has 0 atom stereocenters. The molecule has 0 aliphatic carbocycles. The SMILES string of the molecule is c1ccc(-c2nccc3[nH]c(-c4n[nH]c5cnc(-c6cncnc6)cc45)cc23)nc1. The molecule has 142 valence electrons. The molecule has 0 unspecified atom stereocenters. The first-order chi connectivity index (χ1) is 14.9. The zero-order valence-electron chi connectivity index (χ0n) is 15.6. The first-order valence-electron chi connectivity index (χ1n) is 9.36. The largest absolute Gasteiger partial charge is 0.353 e. The Labute approximate surface area is 170 Å². The molecule has 0 amide bonds. The van der Waals surface area contributed by atoms with Crippen LogP contribution in [-0.4, -0.2) is 40.1 Å². The van der Waals surface area contributed by atoms with Crippen molar-refractivity contribution in [1.29, 1.82) is 0 Å². The molecular weight excluding hydrogens is 376 g/mol. The van der Waals surface area contributed by atoms with Gasteiger partial charge in [0.1, 0.15) is 12.0 Å². The summed E-state index contributed by atoms with van der Waals surface area (Å²) >= 11 is 0. The quantitative estimate of drug-likeness (QED) is 0.472. The summed E-state index contributed by atoms with van der Waals surface area (Å²) in [6.07, 6.45) is 10.3. The first kappa shape index (κ1) is 16.5. The molecule has 0 bridgehead atoms. The van der Waals surface area contributed by atoms with Crippen LogP contribution in [0.5, 0.6) is 0 Å². The maximum absolute atomic E-state index is 4.55. The Hall–Kier alpha value is -4.46. The van der Waals surface area contributed by atoms with Gasteiger partial charge in [-0.15, -0.1) is 0 Å². The number of hydrogen-bond acceptors (Lipinski definition) is 6. The van der Waals surface area contributed by atoms with Gasteiger partial charge in [-0.25, -0.2) is 9.97 Å². The van der Waals surface area contributed by atoms with Crippen molar-refractivity contribution in [2.24, 2.45) is 0 Å². The minimum Gasteiger partial charge on any atom is -0.353 e. The third-order valence-electron chi connectivity index (χ3n) is 5.01. The molecule has 6 rings (SSSR count). The molecule has 0 aromatic carbocycles. The summed E-state index contributed by atoms with van der Waals surface area (Å²) < 4.78 is 0. The Bertz CT molecular complexity index is 1490. The lowest BCUT2D eigenvalue weighted by Crippen LogP contribution is -1.86. The average Bonchev–Trinajstić information content (AvgIpc) is 3.43. The van der Waals surface area contributed by atoms with Crippen LogP contribution in [-0.2, 0) is 0 Å². The molecule has 8 nitrogen and oxygen atoms in total. The number of nitrogens with zero attached hydrogens (tertiary/aromatic N) is 6. The molecule has 6 heterocycles. The average molecular weight is 390 g/mol. The Morgan fingerprint density at radius 3 is 2.47 bits per heavy atom. The van der Waals surface area contributed by atoms with Crippen molar-refractivity contribution in [1.82, 2.24) is 40.1 Å². The van der Waals surface area contributed by atoms with E-state index in [0.717, 1.165) is 55.8 Å². The van der Waals surface area contributed by atoms with E-state index in [-0.39, 0.29) is 0 Å². The van der Waals surface area contributed by atoms with E-state index in [1.165, 1.54) is 6.33 Å². The smallest absolute Gasteiger partial charge is 0.116 e. The van der Waals surface area contributed by atoms with Crippen LogP contribution in [0.2, 0.25) is 0 Å². The van der Waals surface area contributed by atoms with Crippen molar-refractivity contribution < 1.29 is 0 Å². The van der Waals surface area contributed by atoms with E-state index >= 15 is 0 Å². The van der Waals surface area contributed by atoms with Gasteiger partial charge in [-0.2, -0.15) is 5.10 Å². The maximum Gasteiger partial charge on any atom is 0.116 e. The highest BCUT2D eigenvalue weighted by molar-refractivity contribution is 6.00. The summed E-state index contributed by atoms with van der Waals surface area (Å²) in [4.78, 5) is 25.1. The third-order valence-corrected chi connectivity index (χ3v) is 5.01. The molecule has 0 radical (unpaired) electrons. The third kappa shape index (κ3) is 2.62. The second-order valence-corrected chi connectivity index (χ2v) is 6.83. The van der Waals surface area contributed by atoms with Gasteiger partial charge in [0.25, 0.3) is 0 Å². The van der Waals surface area contributed by atoms with Gasteiger partial charge >= 0.3 is 0 Å². The summed E-state index contributed by atoms with van der Waals surface area (Å²) in [7, 11) is 0. The van der Waals surface area contributed by atoms with Gasteiger partial charge < -0.3 is 4.98 Å². The number of H-pyrrole nitrogens is 2. The van der Waals surface area contributed by atoms with Gasteiger partial charge in [-0.05, 0) is 30.3 Å². The zero-order valence-corrected chi connectivity index (χ0v) is 15.6. The number of aromatic amines is 2. The van der Waals surface area contributed by atoms with Gasteiger partial charge in [0.05, 0.1) is 34.5 Å². The van der Waals surface area contributed by atoms with E-state index in [4.69, 9.17) is 0 Å². The topological polar surface area (TPSA) is 109 Å². The van der Waals surface area contributed by atoms with Crippen molar-refractivity contribution in [2.75, 3.05) is 0 Å². The van der Waals surface area contributed by atoms with Gasteiger partial charge in [-0.1, -0.05) is 6.07 Å². The van der Waals surface area contributed by atoms with E-state index in [1.807, 2.05) is 30.3 Å². The van der Waals surface area contributed by atoms with E-state index in [9.17, 15) is 0 Å². The molecule has 0 aliphatic heterocycles. The molecule has 2 N–H and O–H groups in total. The fourth-order valence-corrected chi connectivity index (χ4v) is 3.60. The van der Waals surface area contributed by atoms with Crippen molar-refractivity contribution in [3.63, 3.8) is 0 Å². The second-order valence-electron chi connectivity index (χ2n) is 6.83. The van der Waals surface area contributed by atoms with E-state index in [2.05, 4.69) is 46.2 Å². The van der Waals surface area contributed by atoms with Crippen LogP contribution in [0.15, 0.2) is 73.7 Å². The van der Waals surface area contributed by atoms with Crippen LogP contribution in [0.1, 0.15) is 0 Å². The molecule has 6 aromatic rings. The van der Waals surface area contributed by atoms with Crippen LogP contribution >= 0.6 is 0 Å². The molecule has 0 saturated carbocycles. The van der Waals surface area contributed by atoms with Crippen LogP contribution in [0.25, 0.3) is 55.8 Å². The fraction of sp³-hybridized carbons (Fsp3) is 0. The molecule has 0 saturated heterocycles. The van der Waals surface area contributed by atoms with Crippen LogP contribution < -0.4 is 0 Å². The van der Waals surface area contributed by atoms with Crippen LogP contribution in [0.4, 0.5) is 0 Å². The Kier molecular flexibility index (Phi) is 3.60. The highest BCUT2D eigenvalue weighted by Crippen LogP contribution is 2.33. The summed E-state index contributed by atoms with van der Waals surface area (Å²) in [5, 5.41) is 9.55. The Balaban J connectivity index is 1.52. The number of pyridine rings is 3. The Morgan fingerprint density at radius 1 is 0.700 bits per heavy atom. The lowest BCUT2D eigenvalue weighted by molar-refractivity contribution is 1.11. The first-order valence-corrected chi connectivity index (χ1v) is 9.36. The van der Waals surface area contributed by atoms with Crippen molar-refractivity contribution in [3.8, 4) is 34.0 Å². The van der Waals surface area contributed by atoms with Gasteiger partial charge in [-0.3, -0.25) is 20.1 Å². The fourth-order valence-electron chi connectivity index (χ4n) is 3.60. The molecule has 6 aromatic heterocycles. The van der Waals surface area contributed by atoms with Gasteiger partial charge in [0.15, 0.2) is 0 Å². The summed E-state index contributed by atoms with van der Waals surface area (Å²) in [6.45, 7) is 0. The Morgan fingerprint density at radius 2 is 1.60 bits per heavy atom. The number of hydrogen-bond donors (Lipinski definition) is 2. The molecule has 0 fully saturated rings. The predicted molar refractivity (Wildman–Crippen MR) is 113 cm³/mol. The van der Waals surface area contributed by atoms with Crippen LogP contribution in [0.3, 0.4) is 0 Å².